The Balaban J connectivity index is 1.63. The van der Waals surface area contributed by atoms with E-state index in [1.54, 1.807) is 11.8 Å². The average Bonchev–Trinajstić information content (AvgIpc) is 2.87. The Bertz CT molecular complexity index is 1090. The first kappa shape index (κ1) is 25.4. The van der Waals surface area contributed by atoms with Crippen LogP contribution in [0.25, 0.3) is 0 Å². The van der Waals surface area contributed by atoms with Crippen molar-refractivity contribution in [1.82, 2.24) is 0 Å². The van der Waals surface area contributed by atoms with E-state index >= 15 is 0 Å². The van der Waals surface area contributed by atoms with Gasteiger partial charge in [-0.05, 0) is 54.8 Å². The third-order valence-corrected chi connectivity index (χ3v) is 6.39. The number of benzene rings is 3. The lowest BCUT2D eigenvalue weighted by Gasteiger charge is -2.08. The summed E-state index contributed by atoms with van der Waals surface area (Å²) in [5.41, 5.74) is 3.13. The molecule has 0 saturated carbocycles. The van der Waals surface area contributed by atoms with Gasteiger partial charge in [0.1, 0.15) is 0 Å². The van der Waals surface area contributed by atoms with Gasteiger partial charge in [-0.2, -0.15) is 0 Å². The van der Waals surface area contributed by atoms with E-state index < -0.39 is 5.97 Å². The average molecular weight is 474 g/mol. The predicted octanol–water partition coefficient (Wildman–Crippen LogP) is 7.70. The lowest BCUT2D eigenvalue weighted by Crippen LogP contribution is -2.04. The van der Waals surface area contributed by atoms with Crippen molar-refractivity contribution in [3.63, 3.8) is 0 Å². The number of oxime groups is 1. The number of hydrogen-bond donors (Lipinski definition) is 0. The van der Waals surface area contributed by atoms with E-state index in [-0.39, 0.29) is 5.78 Å². The first-order chi connectivity index (χ1) is 16.6. The quantitative estimate of drug-likeness (QED) is 0.0889. The fourth-order valence-corrected chi connectivity index (χ4v) is 4.36. The number of carbonyl (C=O) groups is 2. The molecule has 0 amide bonds. The van der Waals surface area contributed by atoms with Crippen molar-refractivity contribution in [2.75, 3.05) is 0 Å². The second-order valence-corrected chi connectivity index (χ2v) is 9.28. The van der Waals surface area contributed by atoms with E-state index in [0.29, 0.717) is 11.1 Å². The maximum atomic E-state index is 12.6. The second-order valence-electron chi connectivity index (χ2n) is 8.13. The second kappa shape index (κ2) is 13.5. The van der Waals surface area contributed by atoms with Gasteiger partial charge in [0.15, 0.2) is 5.78 Å². The molecule has 3 aromatic carbocycles. The number of unbranched alkanes of at least 4 members (excludes halogenated alkanes) is 4. The SMILES string of the molecule is CCCCCCC/C(=N\OC(C)=O)c1ccc(Sc2ccc(C(=O)c3ccccc3)cc2)cc1. The highest BCUT2D eigenvalue weighted by Gasteiger charge is 2.10. The summed E-state index contributed by atoms with van der Waals surface area (Å²) in [7, 11) is 0. The Hall–Kier alpha value is -3.18. The van der Waals surface area contributed by atoms with E-state index in [0.717, 1.165) is 40.3 Å². The number of nitrogens with zero attached hydrogens (tertiary/aromatic N) is 1. The van der Waals surface area contributed by atoms with Gasteiger partial charge in [0, 0.05) is 27.8 Å². The molecule has 176 valence electrons. The van der Waals surface area contributed by atoms with Crippen molar-refractivity contribution in [3.05, 3.63) is 95.6 Å². The molecular weight excluding hydrogens is 442 g/mol. The first-order valence-electron chi connectivity index (χ1n) is 11.8. The number of rotatable bonds is 12. The lowest BCUT2D eigenvalue weighted by molar-refractivity contribution is -0.140. The Labute approximate surface area is 206 Å². The minimum Gasteiger partial charge on any atom is -0.318 e. The minimum absolute atomic E-state index is 0.0239. The molecule has 0 radical (unpaired) electrons. The predicted molar refractivity (Wildman–Crippen MR) is 139 cm³/mol. The summed E-state index contributed by atoms with van der Waals surface area (Å²) in [6.45, 7) is 3.56. The van der Waals surface area contributed by atoms with Crippen LogP contribution in [0.5, 0.6) is 0 Å². The van der Waals surface area contributed by atoms with Gasteiger partial charge in [-0.15, -0.1) is 0 Å². The number of hydrogen-bond acceptors (Lipinski definition) is 5. The van der Waals surface area contributed by atoms with Crippen molar-refractivity contribution >= 4 is 29.2 Å². The van der Waals surface area contributed by atoms with Crippen LogP contribution in [0.1, 0.15) is 73.9 Å². The molecule has 34 heavy (non-hydrogen) atoms. The molecule has 0 saturated heterocycles. The molecule has 4 nitrogen and oxygen atoms in total. The fraction of sp³-hybridized carbons (Fsp3) is 0.276. The van der Waals surface area contributed by atoms with Gasteiger partial charge in [-0.3, -0.25) is 4.79 Å². The Morgan fingerprint density at radius 3 is 1.88 bits per heavy atom. The van der Waals surface area contributed by atoms with E-state index in [1.807, 2.05) is 78.9 Å². The third kappa shape index (κ3) is 7.99. The standard InChI is InChI=1S/C29H31NO3S/c1-3-4-5-6-10-13-28(30-33-22(2)31)23-14-18-26(19-15-23)34-27-20-16-25(17-21-27)29(32)24-11-8-7-9-12-24/h7-9,11-12,14-21H,3-6,10,13H2,1-2H3/b30-28+. The van der Waals surface area contributed by atoms with Gasteiger partial charge in [0.05, 0.1) is 5.71 Å². The molecule has 0 unspecified atom stereocenters. The molecule has 0 fully saturated rings. The summed E-state index contributed by atoms with van der Waals surface area (Å²) in [5.74, 6) is -0.388. The maximum Gasteiger partial charge on any atom is 0.331 e. The van der Waals surface area contributed by atoms with E-state index in [9.17, 15) is 9.59 Å². The van der Waals surface area contributed by atoms with Gasteiger partial charge in [0.2, 0.25) is 0 Å². The zero-order valence-electron chi connectivity index (χ0n) is 19.8. The Morgan fingerprint density at radius 1 is 0.735 bits per heavy atom. The van der Waals surface area contributed by atoms with Gasteiger partial charge >= 0.3 is 5.97 Å². The largest absolute Gasteiger partial charge is 0.331 e. The smallest absolute Gasteiger partial charge is 0.318 e. The Kier molecular flexibility index (Phi) is 10.1. The van der Waals surface area contributed by atoms with Gasteiger partial charge < -0.3 is 4.84 Å². The summed E-state index contributed by atoms with van der Waals surface area (Å²) in [5, 5.41) is 4.10. The number of carbonyl (C=O) groups excluding carboxylic acids is 2. The highest BCUT2D eigenvalue weighted by atomic mass is 32.2. The van der Waals surface area contributed by atoms with E-state index in [4.69, 9.17) is 4.84 Å². The number of ketones is 1. The van der Waals surface area contributed by atoms with Gasteiger partial charge in [-0.1, -0.05) is 92.0 Å². The van der Waals surface area contributed by atoms with Crippen LogP contribution in [0.2, 0.25) is 0 Å². The molecule has 0 aromatic heterocycles. The summed E-state index contributed by atoms with van der Waals surface area (Å²) in [4.78, 5) is 30.9. The topological polar surface area (TPSA) is 55.7 Å². The van der Waals surface area contributed by atoms with Crippen LogP contribution in [-0.4, -0.2) is 17.5 Å². The highest BCUT2D eigenvalue weighted by molar-refractivity contribution is 7.99. The molecule has 0 aliphatic carbocycles. The van der Waals surface area contributed by atoms with Crippen LogP contribution in [-0.2, 0) is 9.63 Å². The first-order valence-corrected chi connectivity index (χ1v) is 12.6. The molecule has 0 atom stereocenters. The van der Waals surface area contributed by atoms with Crippen LogP contribution in [0.4, 0.5) is 0 Å². The van der Waals surface area contributed by atoms with Crippen LogP contribution in [0.15, 0.2) is 93.8 Å². The third-order valence-electron chi connectivity index (χ3n) is 5.38. The van der Waals surface area contributed by atoms with E-state index in [2.05, 4.69) is 12.1 Å². The molecule has 0 aliphatic rings. The van der Waals surface area contributed by atoms with Gasteiger partial charge in [-0.25, -0.2) is 4.79 Å². The summed E-state index contributed by atoms with van der Waals surface area (Å²) in [6, 6.07) is 25.1. The monoisotopic (exact) mass is 473 g/mol. The van der Waals surface area contributed by atoms with Crippen molar-refractivity contribution in [1.29, 1.82) is 0 Å². The van der Waals surface area contributed by atoms with Crippen molar-refractivity contribution in [3.8, 4) is 0 Å². The molecule has 0 spiro atoms. The molecule has 3 rings (SSSR count). The maximum absolute atomic E-state index is 12.6. The molecule has 3 aromatic rings. The lowest BCUT2D eigenvalue weighted by atomic mass is 10.0. The van der Waals surface area contributed by atoms with Crippen molar-refractivity contribution in [2.45, 2.75) is 62.2 Å². The zero-order valence-corrected chi connectivity index (χ0v) is 20.6. The summed E-state index contributed by atoms with van der Waals surface area (Å²) in [6.07, 6.45) is 6.60. The molecule has 0 aliphatic heterocycles. The molecule has 0 heterocycles. The molecule has 0 N–H and O–H groups in total. The normalized spacial score (nSPS) is 11.3. The Morgan fingerprint density at radius 2 is 1.29 bits per heavy atom. The fourth-order valence-electron chi connectivity index (χ4n) is 3.54. The highest BCUT2D eigenvalue weighted by Crippen LogP contribution is 2.29. The van der Waals surface area contributed by atoms with Crippen LogP contribution >= 0.6 is 11.8 Å². The zero-order chi connectivity index (χ0) is 24.2. The van der Waals surface area contributed by atoms with Crippen LogP contribution < -0.4 is 0 Å². The molecule has 5 heteroatoms. The molecular formula is C29H31NO3S. The van der Waals surface area contributed by atoms with E-state index in [1.165, 1.54) is 26.2 Å². The van der Waals surface area contributed by atoms with Crippen molar-refractivity contribution in [2.24, 2.45) is 5.16 Å². The van der Waals surface area contributed by atoms with Crippen LogP contribution in [0.3, 0.4) is 0 Å². The van der Waals surface area contributed by atoms with Crippen LogP contribution in [0, 0.1) is 0 Å². The van der Waals surface area contributed by atoms with Gasteiger partial charge in [0.25, 0.3) is 0 Å². The molecule has 0 bridgehead atoms. The summed E-state index contributed by atoms with van der Waals surface area (Å²) >= 11 is 1.63. The summed E-state index contributed by atoms with van der Waals surface area (Å²) < 4.78 is 0. The minimum atomic E-state index is -0.412. The van der Waals surface area contributed by atoms with Crippen molar-refractivity contribution < 1.29 is 14.4 Å².